The molecule has 2 saturated heterocycles. The molecule has 2 heterocycles. The van der Waals surface area contributed by atoms with Crippen LogP contribution in [0, 0.1) is 0 Å². The van der Waals surface area contributed by atoms with Gasteiger partial charge in [0.05, 0.1) is 35.4 Å². The van der Waals surface area contributed by atoms with Gasteiger partial charge in [-0.2, -0.15) is 0 Å². The van der Waals surface area contributed by atoms with E-state index in [1.54, 1.807) is 0 Å². The molecule has 2 fully saturated rings. The molecule has 0 radical (unpaired) electrons. The molecule has 23 heavy (non-hydrogen) atoms. The average Bonchev–Trinajstić information content (AvgIpc) is 2.54. The van der Waals surface area contributed by atoms with Crippen LogP contribution in [0.1, 0.15) is 6.42 Å². The predicted octanol–water partition coefficient (Wildman–Crippen LogP) is -4.64. The van der Waals surface area contributed by atoms with Crippen LogP contribution < -0.4 is 0 Å². The van der Waals surface area contributed by atoms with Crippen molar-refractivity contribution >= 4 is 10.8 Å². The minimum absolute atomic E-state index is 0.186. The maximum absolute atomic E-state index is 12.7. The quantitative estimate of drug-likeness (QED) is 0.258. The molecular formula is C12H22O10S. The molecule has 0 saturated carbocycles. The fourth-order valence-corrected chi connectivity index (χ4v) is 4.57. The third kappa shape index (κ3) is 3.74. The van der Waals surface area contributed by atoms with E-state index in [4.69, 9.17) is 14.6 Å². The first kappa shape index (κ1) is 19.1. The van der Waals surface area contributed by atoms with Crippen LogP contribution in [0.2, 0.25) is 0 Å². The molecule has 2 rings (SSSR count). The largest absolute Gasteiger partial charge is 0.394 e. The third-order valence-corrected chi connectivity index (χ3v) is 6.03. The van der Waals surface area contributed by atoms with E-state index >= 15 is 0 Å². The van der Waals surface area contributed by atoms with E-state index < -0.39 is 77.6 Å². The van der Waals surface area contributed by atoms with Gasteiger partial charge >= 0.3 is 0 Å². The second-order valence-electron chi connectivity index (χ2n) is 5.61. The average molecular weight is 358 g/mol. The van der Waals surface area contributed by atoms with Gasteiger partial charge in [0, 0.05) is 0 Å². The highest BCUT2D eigenvalue weighted by molar-refractivity contribution is 7.86. The van der Waals surface area contributed by atoms with Crippen molar-refractivity contribution in [3.8, 4) is 0 Å². The molecule has 0 aromatic carbocycles. The van der Waals surface area contributed by atoms with E-state index in [0.29, 0.717) is 0 Å². The molecule has 0 spiro atoms. The molecule has 0 aromatic rings. The smallest absolute Gasteiger partial charge is 0.181 e. The van der Waals surface area contributed by atoms with Crippen LogP contribution in [0.15, 0.2) is 0 Å². The Morgan fingerprint density at radius 2 is 1.48 bits per heavy atom. The molecule has 0 bridgehead atoms. The molecule has 10 atom stereocenters. The Morgan fingerprint density at radius 3 is 2.04 bits per heavy atom. The minimum Gasteiger partial charge on any atom is -0.394 e. The molecule has 0 amide bonds. The van der Waals surface area contributed by atoms with E-state index in [-0.39, 0.29) is 6.42 Å². The highest BCUT2D eigenvalue weighted by Gasteiger charge is 2.50. The molecule has 10 nitrogen and oxygen atoms in total. The van der Waals surface area contributed by atoms with Crippen LogP contribution in [0.5, 0.6) is 0 Å². The van der Waals surface area contributed by atoms with E-state index in [0.717, 1.165) is 0 Å². The number of ether oxygens (including phenoxy) is 2. The maximum atomic E-state index is 12.7. The number of aliphatic hydroxyl groups excluding tert-OH is 7. The maximum Gasteiger partial charge on any atom is 0.181 e. The van der Waals surface area contributed by atoms with Crippen LogP contribution >= 0.6 is 0 Å². The Bertz CT molecular complexity index is 421. The number of hydrogen-bond acceptors (Lipinski definition) is 10. The molecule has 3 unspecified atom stereocenters. The zero-order chi connectivity index (χ0) is 17.3. The summed E-state index contributed by atoms with van der Waals surface area (Å²) >= 11 is 0. The summed E-state index contributed by atoms with van der Waals surface area (Å²) in [7, 11) is -2.06. The van der Waals surface area contributed by atoms with E-state index in [9.17, 15) is 34.8 Å². The fourth-order valence-electron chi connectivity index (χ4n) is 2.70. The van der Waals surface area contributed by atoms with Gasteiger partial charge in [0.25, 0.3) is 0 Å². The standard InChI is InChI=1S/C12H22O10S/c13-2-5-7(1-4(15)11(19)21-5)23(20)12-10(18)9(17)8(16)6(3-14)22-12/h4-19H,1-3H2/t4-,5-,6-,7?,8-,9+,10-,11?,12+,23?/m1/s1. The highest BCUT2D eigenvalue weighted by Crippen LogP contribution is 2.30. The summed E-state index contributed by atoms with van der Waals surface area (Å²) in [4.78, 5) is 0. The molecule has 7 N–H and O–H groups in total. The van der Waals surface area contributed by atoms with Gasteiger partial charge in [0.15, 0.2) is 11.7 Å². The first-order valence-electron chi connectivity index (χ1n) is 7.14. The van der Waals surface area contributed by atoms with Gasteiger partial charge in [-0.1, -0.05) is 0 Å². The lowest BCUT2D eigenvalue weighted by Crippen LogP contribution is -2.62. The van der Waals surface area contributed by atoms with Crippen molar-refractivity contribution in [3.05, 3.63) is 0 Å². The van der Waals surface area contributed by atoms with Gasteiger partial charge in [0.2, 0.25) is 0 Å². The summed E-state index contributed by atoms with van der Waals surface area (Å²) in [6.07, 6.45) is -10.3. The summed E-state index contributed by atoms with van der Waals surface area (Å²) in [6, 6.07) is 0. The zero-order valence-electron chi connectivity index (χ0n) is 12.1. The molecule has 0 aliphatic carbocycles. The SMILES string of the molecule is O=S(C1C[C@@H](O)C(O)O[C@@H]1CO)[C@@H]1O[C@H](CO)[C@@H](O)[C@H](O)[C@H]1O. The van der Waals surface area contributed by atoms with E-state index in [1.165, 1.54) is 0 Å². The predicted molar refractivity (Wildman–Crippen MR) is 74.3 cm³/mol. The van der Waals surface area contributed by atoms with Gasteiger partial charge in [-0.3, -0.25) is 4.21 Å². The monoisotopic (exact) mass is 358 g/mol. The van der Waals surface area contributed by atoms with Crippen LogP contribution in [-0.2, 0) is 20.3 Å². The molecule has 11 heteroatoms. The van der Waals surface area contributed by atoms with Crippen molar-refractivity contribution in [1.82, 2.24) is 0 Å². The molecular weight excluding hydrogens is 336 g/mol. The second kappa shape index (κ2) is 7.78. The Labute approximate surface area is 134 Å². The number of aliphatic hydroxyl groups is 7. The van der Waals surface area contributed by atoms with E-state index in [2.05, 4.69) is 0 Å². The van der Waals surface area contributed by atoms with Gasteiger partial charge in [0.1, 0.15) is 30.5 Å². The van der Waals surface area contributed by atoms with Gasteiger partial charge in [-0.15, -0.1) is 0 Å². The summed E-state index contributed by atoms with van der Waals surface area (Å²) in [6.45, 7) is -1.25. The Kier molecular flexibility index (Phi) is 6.47. The topological polar surface area (TPSA) is 177 Å². The second-order valence-corrected chi connectivity index (χ2v) is 7.34. The van der Waals surface area contributed by atoms with Crippen molar-refractivity contribution in [2.45, 2.75) is 60.0 Å². The third-order valence-electron chi connectivity index (χ3n) is 4.09. The fraction of sp³-hybridized carbons (Fsp3) is 1.00. The van der Waals surface area contributed by atoms with Gasteiger partial charge < -0.3 is 45.2 Å². The van der Waals surface area contributed by atoms with Crippen molar-refractivity contribution in [2.24, 2.45) is 0 Å². The lowest BCUT2D eigenvalue weighted by Gasteiger charge is -2.43. The normalized spacial score (nSPS) is 49.8. The van der Waals surface area contributed by atoms with Gasteiger partial charge in [-0.25, -0.2) is 0 Å². The lowest BCUT2D eigenvalue weighted by molar-refractivity contribution is -0.221. The van der Waals surface area contributed by atoms with Crippen molar-refractivity contribution in [3.63, 3.8) is 0 Å². The Morgan fingerprint density at radius 1 is 0.870 bits per heavy atom. The summed E-state index contributed by atoms with van der Waals surface area (Å²) in [5.74, 6) is 0. The van der Waals surface area contributed by atoms with Crippen molar-refractivity contribution < 1.29 is 49.4 Å². The highest BCUT2D eigenvalue weighted by atomic mass is 32.2. The van der Waals surface area contributed by atoms with Crippen LogP contribution in [0.3, 0.4) is 0 Å². The van der Waals surface area contributed by atoms with Crippen LogP contribution in [-0.4, -0.2) is 107 Å². The summed E-state index contributed by atoms with van der Waals surface area (Å²) < 4.78 is 22.8. The number of hydrogen-bond donors (Lipinski definition) is 7. The first-order chi connectivity index (χ1) is 10.8. The minimum atomic E-state index is -2.06. The molecule has 2 aliphatic heterocycles. The van der Waals surface area contributed by atoms with E-state index in [1.807, 2.05) is 0 Å². The lowest BCUT2D eigenvalue weighted by atomic mass is 10.0. The molecule has 136 valence electrons. The van der Waals surface area contributed by atoms with Crippen LogP contribution in [0.4, 0.5) is 0 Å². The summed E-state index contributed by atoms with van der Waals surface area (Å²) in [5, 5.41) is 65.9. The molecule has 0 aromatic heterocycles. The van der Waals surface area contributed by atoms with Crippen molar-refractivity contribution in [2.75, 3.05) is 13.2 Å². The van der Waals surface area contributed by atoms with Crippen LogP contribution in [0.25, 0.3) is 0 Å². The summed E-state index contributed by atoms with van der Waals surface area (Å²) in [5.41, 5.74) is -1.46. The van der Waals surface area contributed by atoms with Gasteiger partial charge in [-0.05, 0) is 6.42 Å². The molecule has 2 aliphatic rings. The first-order valence-corrected chi connectivity index (χ1v) is 8.41. The van der Waals surface area contributed by atoms with Crippen molar-refractivity contribution in [1.29, 1.82) is 0 Å². The Balaban J connectivity index is 2.17. The Hall–Kier alpha value is -0.210. The number of rotatable bonds is 4. The zero-order valence-corrected chi connectivity index (χ0v) is 12.9.